The molecule has 1 aliphatic carbocycles. The summed E-state index contributed by atoms with van der Waals surface area (Å²) in [5, 5.41) is 0. The molecule has 3 nitrogen and oxygen atoms in total. The summed E-state index contributed by atoms with van der Waals surface area (Å²) in [7, 11) is 0. The van der Waals surface area contributed by atoms with Gasteiger partial charge in [-0.2, -0.15) is 0 Å². The zero-order valence-electron chi connectivity index (χ0n) is 10.9. The maximum Gasteiger partial charge on any atom is 0.0594 e. The summed E-state index contributed by atoms with van der Waals surface area (Å²) in [6.45, 7) is 4.82. The Morgan fingerprint density at radius 2 is 2.00 bits per heavy atom. The smallest absolute Gasteiger partial charge is 0.0594 e. The third kappa shape index (κ3) is 2.44. The molecule has 1 aromatic carbocycles. The molecule has 0 atom stereocenters. The Bertz CT molecular complexity index is 409. The normalized spacial score (nSPS) is 23.6. The lowest BCUT2D eigenvalue weighted by molar-refractivity contribution is 0.0341. The molecule has 1 saturated heterocycles. The van der Waals surface area contributed by atoms with E-state index in [0.717, 1.165) is 45.7 Å². The van der Waals surface area contributed by atoms with Crippen LogP contribution in [-0.4, -0.2) is 31.2 Å². The van der Waals surface area contributed by atoms with Gasteiger partial charge in [-0.25, -0.2) is 0 Å². The summed E-state index contributed by atoms with van der Waals surface area (Å²) < 4.78 is 5.38. The number of nitrogens with zero attached hydrogens (tertiary/aromatic N) is 1. The van der Waals surface area contributed by atoms with E-state index in [0.29, 0.717) is 0 Å². The molecule has 0 spiro atoms. The van der Waals surface area contributed by atoms with Crippen molar-refractivity contribution in [3.63, 3.8) is 0 Å². The molecule has 1 aromatic rings. The zero-order valence-corrected chi connectivity index (χ0v) is 10.9. The van der Waals surface area contributed by atoms with Gasteiger partial charge in [-0.15, -0.1) is 0 Å². The molecule has 2 fully saturated rings. The van der Waals surface area contributed by atoms with Gasteiger partial charge < -0.3 is 10.5 Å². The van der Waals surface area contributed by atoms with Gasteiger partial charge in [0.15, 0.2) is 0 Å². The van der Waals surface area contributed by atoms with E-state index < -0.39 is 0 Å². The molecule has 3 heteroatoms. The highest BCUT2D eigenvalue weighted by Gasteiger charge is 2.34. The minimum Gasteiger partial charge on any atom is -0.379 e. The van der Waals surface area contributed by atoms with E-state index in [4.69, 9.17) is 10.5 Å². The third-order valence-corrected chi connectivity index (χ3v) is 4.26. The Balaban J connectivity index is 1.70. The Hall–Kier alpha value is -0.900. The molecule has 0 bridgehead atoms. The fourth-order valence-electron chi connectivity index (χ4n) is 2.84. The summed E-state index contributed by atoms with van der Waals surface area (Å²) in [6, 6.07) is 8.84. The van der Waals surface area contributed by atoms with E-state index in [1.54, 1.807) is 0 Å². The molecule has 18 heavy (non-hydrogen) atoms. The van der Waals surface area contributed by atoms with Gasteiger partial charge in [0.25, 0.3) is 0 Å². The molecular formula is C15H22N2O. The van der Waals surface area contributed by atoms with Gasteiger partial charge in [0.05, 0.1) is 13.2 Å². The van der Waals surface area contributed by atoms with Crippen LogP contribution in [0.15, 0.2) is 24.3 Å². The Morgan fingerprint density at radius 1 is 1.22 bits per heavy atom. The minimum atomic E-state index is -0.0407. The van der Waals surface area contributed by atoms with Crippen LogP contribution in [0.1, 0.15) is 30.4 Å². The molecule has 1 aliphatic heterocycles. The van der Waals surface area contributed by atoms with Gasteiger partial charge in [-0.1, -0.05) is 24.3 Å². The molecule has 1 saturated carbocycles. The lowest BCUT2D eigenvalue weighted by atomic mass is 9.72. The molecule has 2 aliphatic rings. The Morgan fingerprint density at radius 3 is 2.67 bits per heavy atom. The second kappa shape index (κ2) is 5.00. The highest BCUT2D eigenvalue weighted by atomic mass is 16.5. The van der Waals surface area contributed by atoms with Crippen LogP contribution in [0.5, 0.6) is 0 Å². The highest BCUT2D eigenvalue weighted by Crippen LogP contribution is 2.38. The van der Waals surface area contributed by atoms with Crippen LogP contribution < -0.4 is 5.73 Å². The largest absolute Gasteiger partial charge is 0.379 e. The SMILES string of the molecule is NC1(c2cccc(CN3CCOCC3)c2)CCC1. The number of benzene rings is 1. The van der Waals surface area contributed by atoms with Crippen molar-refractivity contribution in [1.82, 2.24) is 4.90 Å². The first-order valence-electron chi connectivity index (χ1n) is 6.95. The van der Waals surface area contributed by atoms with Crippen LogP contribution in [0.2, 0.25) is 0 Å². The minimum absolute atomic E-state index is 0.0407. The number of nitrogens with two attached hydrogens (primary N) is 1. The van der Waals surface area contributed by atoms with Crippen LogP contribution in [0.25, 0.3) is 0 Å². The fraction of sp³-hybridized carbons (Fsp3) is 0.600. The highest BCUT2D eigenvalue weighted by molar-refractivity contribution is 5.31. The maximum atomic E-state index is 6.39. The van der Waals surface area contributed by atoms with Crippen molar-refractivity contribution in [3.8, 4) is 0 Å². The van der Waals surface area contributed by atoms with E-state index >= 15 is 0 Å². The van der Waals surface area contributed by atoms with Crippen molar-refractivity contribution in [3.05, 3.63) is 35.4 Å². The fourth-order valence-corrected chi connectivity index (χ4v) is 2.84. The standard InChI is InChI=1S/C15H22N2O/c16-15(5-2-6-15)14-4-1-3-13(11-14)12-17-7-9-18-10-8-17/h1,3-4,11H,2,5-10,12,16H2. The molecule has 1 heterocycles. The summed E-state index contributed by atoms with van der Waals surface area (Å²) >= 11 is 0. The lowest BCUT2D eigenvalue weighted by Gasteiger charge is -2.39. The molecule has 0 amide bonds. The average Bonchev–Trinajstić information content (AvgIpc) is 2.37. The van der Waals surface area contributed by atoms with E-state index in [2.05, 4.69) is 29.2 Å². The molecule has 0 radical (unpaired) electrons. The van der Waals surface area contributed by atoms with Crippen LogP contribution >= 0.6 is 0 Å². The van der Waals surface area contributed by atoms with Crippen LogP contribution in [0.3, 0.4) is 0 Å². The van der Waals surface area contributed by atoms with Gasteiger partial charge in [0.2, 0.25) is 0 Å². The number of ether oxygens (including phenoxy) is 1. The first kappa shape index (κ1) is 12.2. The van der Waals surface area contributed by atoms with Crippen molar-refractivity contribution in [1.29, 1.82) is 0 Å². The molecule has 3 rings (SSSR count). The second-order valence-corrected chi connectivity index (χ2v) is 5.60. The Kier molecular flexibility index (Phi) is 3.37. The van der Waals surface area contributed by atoms with Gasteiger partial charge in [0, 0.05) is 25.2 Å². The summed E-state index contributed by atoms with van der Waals surface area (Å²) in [5.41, 5.74) is 9.05. The van der Waals surface area contributed by atoms with Gasteiger partial charge in [0.1, 0.15) is 0 Å². The molecular weight excluding hydrogens is 224 g/mol. The average molecular weight is 246 g/mol. The predicted octanol–water partition coefficient (Wildman–Crippen LogP) is 1.86. The van der Waals surface area contributed by atoms with Crippen molar-refractivity contribution in [2.75, 3.05) is 26.3 Å². The topological polar surface area (TPSA) is 38.5 Å². The molecule has 98 valence electrons. The summed E-state index contributed by atoms with van der Waals surface area (Å²) in [6.07, 6.45) is 3.53. The maximum absolute atomic E-state index is 6.39. The van der Waals surface area contributed by atoms with E-state index in [-0.39, 0.29) is 5.54 Å². The summed E-state index contributed by atoms with van der Waals surface area (Å²) in [5.74, 6) is 0. The van der Waals surface area contributed by atoms with Crippen molar-refractivity contribution in [2.45, 2.75) is 31.3 Å². The first-order chi connectivity index (χ1) is 8.76. The number of rotatable bonds is 3. The van der Waals surface area contributed by atoms with Crippen molar-refractivity contribution < 1.29 is 4.74 Å². The van der Waals surface area contributed by atoms with Crippen LogP contribution in [0.4, 0.5) is 0 Å². The zero-order chi connectivity index (χ0) is 12.4. The van der Waals surface area contributed by atoms with E-state index in [1.807, 2.05) is 0 Å². The third-order valence-electron chi connectivity index (χ3n) is 4.26. The number of hydrogen-bond acceptors (Lipinski definition) is 3. The summed E-state index contributed by atoms with van der Waals surface area (Å²) in [4.78, 5) is 2.45. The predicted molar refractivity (Wildman–Crippen MR) is 72.3 cm³/mol. The number of hydrogen-bond donors (Lipinski definition) is 1. The van der Waals surface area contributed by atoms with Crippen LogP contribution in [0, 0.1) is 0 Å². The van der Waals surface area contributed by atoms with Crippen molar-refractivity contribution in [2.24, 2.45) is 5.73 Å². The van der Waals surface area contributed by atoms with Gasteiger partial charge in [-0.05, 0) is 30.4 Å². The first-order valence-corrected chi connectivity index (χ1v) is 6.95. The molecule has 0 aromatic heterocycles. The van der Waals surface area contributed by atoms with E-state index in [1.165, 1.54) is 17.5 Å². The van der Waals surface area contributed by atoms with Gasteiger partial charge >= 0.3 is 0 Å². The lowest BCUT2D eigenvalue weighted by Crippen LogP contribution is -2.43. The molecule has 2 N–H and O–H groups in total. The second-order valence-electron chi connectivity index (χ2n) is 5.60. The Labute approximate surface area is 109 Å². The number of morpholine rings is 1. The van der Waals surface area contributed by atoms with Crippen LogP contribution in [-0.2, 0) is 16.8 Å². The van der Waals surface area contributed by atoms with E-state index in [9.17, 15) is 0 Å². The van der Waals surface area contributed by atoms with Gasteiger partial charge in [-0.3, -0.25) is 4.90 Å². The van der Waals surface area contributed by atoms with Crippen molar-refractivity contribution >= 4 is 0 Å². The molecule has 0 unspecified atom stereocenters. The quantitative estimate of drug-likeness (QED) is 0.884. The monoisotopic (exact) mass is 246 g/mol.